The SMILES string of the molecule is COc1cccc(CN2CCC[C@H]2c2nonc2C)c1OCCN(C)C. The van der Waals surface area contributed by atoms with Gasteiger partial charge in [-0.1, -0.05) is 22.4 Å². The van der Waals surface area contributed by atoms with Crippen LogP contribution in [0.15, 0.2) is 22.8 Å². The van der Waals surface area contributed by atoms with Crippen molar-refractivity contribution in [2.45, 2.75) is 32.4 Å². The minimum absolute atomic E-state index is 0.238. The lowest BCUT2D eigenvalue weighted by Gasteiger charge is -2.25. The highest BCUT2D eigenvalue weighted by Gasteiger charge is 2.31. The molecule has 0 radical (unpaired) electrons. The van der Waals surface area contributed by atoms with Crippen molar-refractivity contribution < 1.29 is 14.1 Å². The van der Waals surface area contributed by atoms with E-state index in [1.165, 1.54) is 0 Å². The second kappa shape index (κ2) is 8.51. The van der Waals surface area contributed by atoms with Crippen molar-refractivity contribution in [3.05, 3.63) is 35.2 Å². The smallest absolute Gasteiger partial charge is 0.165 e. The summed E-state index contributed by atoms with van der Waals surface area (Å²) in [7, 11) is 5.76. The van der Waals surface area contributed by atoms with E-state index in [-0.39, 0.29) is 6.04 Å². The van der Waals surface area contributed by atoms with Crippen LogP contribution in [-0.2, 0) is 6.54 Å². The largest absolute Gasteiger partial charge is 0.493 e. The number of methoxy groups -OCH3 is 1. The maximum atomic E-state index is 6.09. The molecule has 0 aliphatic carbocycles. The van der Waals surface area contributed by atoms with Gasteiger partial charge in [-0.05, 0) is 46.5 Å². The molecule has 0 spiro atoms. The summed E-state index contributed by atoms with van der Waals surface area (Å²) >= 11 is 0. The van der Waals surface area contributed by atoms with Crippen LogP contribution >= 0.6 is 0 Å². The molecule has 0 amide bonds. The van der Waals surface area contributed by atoms with E-state index in [0.29, 0.717) is 6.61 Å². The summed E-state index contributed by atoms with van der Waals surface area (Å²) in [5, 5.41) is 8.07. The van der Waals surface area contributed by atoms with Gasteiger partial charge in [-0.3, -0.25) is 4.90 Å². The van der Waals surface area contributed by atoms with Gasteiger partial charge >= 0.3 is 0 Å². The van der Waals surface area contributed by atoms with E-state index >= 15 is 0 Å². The summed E-state index contributed by atoms with van der Waals surface area (Å²) in [4.78, 5) is 4.52. The lowest BCUT2D eigenvalue weighted by Crippen LogP contribution is -2.24. The van der Waals surface area contributed by atoms with E-state index in [0.717, 1.165) is 60.9 Å². The van der Waals surface area contributed by atoms with Crippen LogP contribution in [0.5, 0.6) is 11.5 Å². The van der Waals surface area contributed by atoms with E-state index in [4.69, 9.17) is 14.1 Å². The van der Waals surface area contributed by atoms with E-state index in [1.54, 1.807) is 7.11 Å². The van der Waals surface area contributed by atoms with Crippen molar-refractivity contribution in [1.82, 2.24) is 20.1 Å². The van der Waals surface area contributed by atoms with Crippen molar-refractivity contribution in [2.24, 2.45) is 0 Å². The monoisotopic (exact) mass is 360 g/mol. The zero-order valence-electron chi connectivity index (χ0n) is 16.1. The predicted molar refractivity (Wildman–Crippen MR) is 98.5 cm³/mol. The first-order valence-electron chi connectivity index (χ1n) is 9.06. The van der Waals surface area contributed by atoms with E-state index in [1.807, 2.05) is 33.2 Å². The number of aryl methyl sites for hydroxylation is 1. The molecule has 1 saturated heterocycles. The number of benzene rings is 1. The maximum absolute atomic E-state index is 6.09. The van der Waals surface area contributed by atoms with Gasteiger partial charge in [0, 0.05) is 18.7 Å². The summed E-state index contributed by atoms with van der Waals surface area (Å²) in [5.74, 6) is 1.61. The first-order valence-corrected chi connectivity index (χ1v) is 9.06. The second-order valence-corrected chi connectivity index (χ2v) is 6.96. The highest BCUT2D eigenvalue weighted by Crippen LogP contribution is 2.37. The molecule has 142 valence electrons. The number of likely N-dealkylation sites (tertiary alicyclic amines) is 1. The summed E-state index contributed by atoms with van der Waals surface area (Å²) < 4.78 is 16.5. The van der Waals surface area contributed by atoms with E-state index in [9.17, 15) is 0 Å². The quantitative estimate of drug-likeness (QED) is 0.717. The molecule has 0 saturated carbocycles. The molecule has 2 aromatic rings. The van der Waals surface area contributed by atoms with Gasteiger partial charge in [0.15, 0.2) is 11.5 Å². The zero-order chi connectivity index (χ0) is 18.5. The third-order valence-corrected chi connectivity index (χ3v) is 4.81. The molecule has 26 heavy (non-hydrogen) atoms. The van der Waals surface area contributed by atoms with Gasteiger partial charge < -0.3 is 14.4 Å². The van der Waals surface area contributed by atoms with Crippen molar-refractivity contribution in [2.75, 3.05) is 40.9 Å². The first-order chi connectivity index (χ1) is 12.6. The average molecular weight is 360 g/mol. The van der Waals surface area contributed by atoms with Crippen molar-refractivity contribution in [3.8, 4) is 11.5 Å². The Kier molecular flexibility index (Phi) is 6.11. The predicted octanol–water partition coefficient (Wildman–Crippen LogP) is 2.66. The van der Waals surface area contributed by atoms with Crippen molar-refractivity contribution >= 4 is 0 Å². The van der Waals surface area contributed by atoms with Crippen molar-refractivity contribution in [1.29, 1.82) is 0 Å². The van der Waals surface area contributed by atoms with Gasteiger partial charge in [-0.15, -0.1) is 0 Å². The standard InChI is InChI=1S/C19H28N4O3/c1-14-18(21-26-20-14)16-8-6-10-23(16)13-15-7-5-9-17(24-4)19(15)25-12-11-22(2)3/h5,7,9,16H,6,8,10-13H2,1-4H3/t16-/m0/s1. The van der Waals surface area contributed by atoms with Gasteiger partial charge in [0.2, 0.25) is 0 Å². The first kappa shape index (κ1) is 18.7. The molecule has 0 bridgehead atoms. The van der Waals surface area contributed by atoms with Crippen LogP contribution in [-0.4, -0.2) is 61.0 Å². The Morgan fingerprint density at radius 1 is 1.31 bits per heavy atom. The van der Waals surface area contributed by atoms with Crippen LogP contribution in [0.4, 0.5) is 0 Å². The second-order valence-electron chi connectivity index (χ2n) is 6.96. The van der Waals surface area contributed by atoms with Crippen LogP contribution in [0.1, 0.15) is 35.8 Å². The number of hydrogen-bond acceptors (Lipinski definition) is 7. The van der Waals surface area contributed by atoms with Crippen LogP contribution in [0.25, 0.3) is 0 Å². The number of nitrogens with zero attached hydrogens (tertiary/aromatic N) is 4. The molecular weight excluding hydrogens is 332 g/mol. The Labute approximate surface area is 154 Å². The average Bonchev–Trinajstić information content (AvgIpc) is 3.24. The minimum atomic E-state index is 0.238. The van der Waals surface area contributed by atoms with Gasteiger partial charge in [-0.2, -0.15) is 0 Å². The Bertz CT molecular complexity index is 717. The highest BCUT2D eigenvalue weighted by atomic mass is 16.6. The molecule has 3 rings (SSSR count). The Morgan fingerprint density at radius 2 is 2.15 bits per heavy atom. The van der Waals surface area contributed by atoms with Gasteiger partial charge in [0.1, 0.15) is 18.0 Å². The molecule has 1 aromatic carbocycles. The zero-order valence-corrected chi connectivity index (χ0v) is 16.1. The summed E-state index contributed by atoms with van der Waals surface area (Å²) in [6.07, 6.45) is 2.20. The number of para-hydroxylation sites is 1. The molecule has 0 unspecified atom stereocenters. The van der Waals surface area contributed by atoms with E-state index < -0.39 is 0 Å². The van der Waals surface area contributed by atoms with Gasteiger partial charge in [-0.25, -0.2) is 4.63 Å². The Morgan fingerprint density at radius 3 is 2.85 bits per heavy atom. The molecular formula is C19H28N4O3. The maximum Gasteiger partial charge on any atom is 0.165 e. The fourth-order valence-electron chi connectivity index (χ4n) is 3.42. The van der Waals surface area contributed by atoms with E-state index in [2.05, 4.69) is 26.2 Å². The molecule has 1 aromatic heterocycles. The number of likely N-dealkylation sites (N-methyl/N-ethyl adjacent to an activating group) is 1. The minimum Gasteiger partial charge on any atom is -0.493 e. The molecule has 1 aliphatic heterocycles. The van der Waals surface area contributed by atoms with Crippen LogP contribution < -0.4 is 9.47 Å². The highest BCUT2D eigenvalue weighted by molar-refractivity contribution is 5.46. The topological polar surface area (TPSA) is 63.9 Å². The Balaban J connectivity index is 1.79. The lowest BCUT2D eigenvalue weighted by molar-refractivity contribution is 0.218. The summed E-state index contributed by atoms with van der Waals surface area (Å²) in [6.45, 7) is 5.23. The molecule has 2 heterocycles. The lowest BCUT2D eigenvalue weighted by atomic mass is 10.1. The third-order valence-electron chi connectivity index (χ3n) is 4.81. The van der Waals surface area contributed by atoms with Crippen LogP contribution in [0.2, 0.25) is 0 Å². The number of ether oxygens (including phenoxy) is 2. The van der Waals surface area contributed by atoms with Crippen LogP contribution in [0, 0.1) is 6.92 Å². The van der Waals surface area contributed by atoms with Gasteiger partial charge in [0.25, 0.3) is 0 Å². The number of aromatic nitrogens is 2. The Hall–Kier alpha value is -2.12. The molecule has 1 atom stereocenters. The molecule has 1 fully saturated rings. The molecule has 1 aliphatic rings. The molecule has 7 heteroatoms. The fraction of sp³-hybridized carbons (Fsp3) is 0.579. The van der Waals surface area contributed by atoms with Crippen LogP contribution in [0.3, 0.4) is 0 Å². The number of hydrogen-bond donors (Lipinski definition) is 0. The summed E-state index contributed by atoms with van der Waals surface area (Å²) in [6, 6.07) is 6.31. The molecule has 7 nitrogen and oxygen atoms in total. The fourth-order valence-corrected chi connectivity index (χ4v) is 3.42. The summed E-state index contributed by atoms with van der Waals surface area (Å²) in [5.41, 5.74) is 2.94. The third kappa shape index (κ3) is 4.16. The van der Waals surface area contributed by atoms with Crippen molar-refractivity contribution in [3.63, 3.8) is 0 Å². The number of rotatable bonds is 8. The normalized spacial score (nSPS) is 17.8. The molecule has 0 N–H and O–H groups in total. The van der Waals surface area contributed by atoms with Gasteiger partial charge in [0.05, 0.1) is 13.2 Å².